The van der Waals surface area contributed by atoms with Gasteiger partial charge in [-0.1, -0.05) is 0 Å². The van der Waals surface area contributed by atoms with Crippen LogP contribution in [0.1, 0.15) is 17.2 Å². The lowest BCUT2D eigenvalue weighted by atomic mass is 10.3. The highest BCUT2D eigenvalue weighted by molar-refractivity contribution is 6.16. The van der Waals surface area contributed by atoms with Gasteiger partial charge in [-0.25, -0.2) is 15.0 Å². The maximum atomic E-state index is 6.00. The summed E-state index contributed by atoms with van der Waals surface area (Å²) in [5.41, 5.74) is 2.90. The van der Waals surface area contributed by atoms with Gasteiger partial charge < -0.3 is 9.13 Å². The highest BCUT2D eigenvalue weighted by Gasteiger charge is 2.12. The number of alkyl halides is 1. The van der Waals surface area contributed by atoms with Crippen LogP contribution in [0.2, 0.25) is 0 Å². The predicted octanol–water partition coefficient (Wildman–Crippen LogP) is 2.45. The van der Waals surface area contributed by atoms with E-state index >= 15 is 0 Å². The summed E-state index contributed by atoms with van der Waals surface area (Å²) in [5.74, 6) is 2.28. The lowest BCUT2D eigenvalue weighted by molar-refractivity contribution is 0.642. The van der Waals surface area contributed by atoms with Crippen molar-refractivity contribution >= 4 is 22.8 Å². The molecule has 104 valence electrons. The van der Waals surface area contributed by atoms with Gasteiger partial charge in [-0.2, -0.15) is 0 Å². The third kappa shape index (κ3) is 2.29. The quantitative estimate of drug-likeness (QED) is 0.693. The Kier molecular flexibility index (Phi) is 3.44. The minimum absolute atomic E-state index is 0.385. The lowest BCUT2D eigenvalue weighted by Gasteiger charge is -2.07. The number of rotatable bonds is 4. The molecule has 0 aliphatic rings. The summed E-state index contributed by atoms with van der Waals surface area (Å²) in [7, 11) is 2.00. The van der Waals surface area contributed by atoms with Gasteiger partial charge in [-0.3, -0.25) is 0 Å². The van der Waals surface area contributed by atoms with Crippen molar-refractivity contribution in [3.05, 3.63) is 41.9 Å². The van der Waals surface area contributed by atoms with Crippen LogP contribution in [0.5, 0.6) is 0 Å². The molecule has 0 bridgehead atoms. The number of fused-ring (bicyclic) bond motifs is 1. The average molecular weight is 290 g/mol. The van der Waals surface area contributed by atoms with Crippen LogP contribution in [0.25, 0.3) is 11.2 Å². The van der Waals surface area contributed by atoms with Crippen LogP contribution in [0.3, 0.4) is 0 Å². The van der Waals surface area contributed by atoms with Gasteiger partial charge in [0, 0.05) is 38.6 Å². The summed E-state index contributed by atoms with van der Waals surface area (Å²) in [4.78, 5) is 13.4. The second-order valence-corrected chi connectivity index (χ2v) is 5.14. The van der Waals surface area contributed by atoms with Gasteiger partial charge in [-0.15, -0.1) is 11.6 Å². The van der Waals surface area contributed by atoms with Crippen molar-refractivity contribution in [2.75, 3.05) is 0 Å². The van der Waals surface area contributed by atoms with Gasteiger partial charge in [-0.05, 0) is 18.6 Å². The highest BCUT2D eigenvalue weighted by atomic mass is 35.5. The molecule has 0 aliphatic carbocycles. The van der Waals surface area contributed by atoms with E-state index < -0.39 is 0 Å². The van der Waals surface area contributed by atoms with Gasteiger partial charge in [0.2, 0.25) is 0 Å². The molecule has 3 heterocycles. The van der Waals surface area contributed by atoms with E-state index in [9.17, 15) is 0 Å². The Labute approximate surface area is 122 Å². The number of nitrogens with zero attached hydrogens (tertiary/aromatic N) is 5. The molecule has 5 nitrogen and oxygen atoms in total. The largest absolute Gasteiger partial charge is 0.338 e. The van der Waals surface area contributed by atoms with Crippen LogP contribution in [0.4, 0.5) is 0 Å². The summed E-state index contributed by atoms with van der Waals surface area (Å²) in [6, 6.07) is 2.04. The molecule has 0 spiro atoms. The number of aromatic nitrogens is 5. The topological polar surface area (TPSA) is 48.5 Å². The van der Waals surface area contributed by atoms with Crippen molar-refractivity contribution in [3.8, 4) is 0 Å². The summed E-state index contributed by atoms with van der Waals surface area (Å²) in [5, 5.41) is 0. The fourth-order valence-corrected chi connectivity index (χ4v) is 2.55. The third-order valence-electron chi connectivity index (χ3n) is 3.40. The molecule has 0 saturated carbocycles. The molecule has 0 radical (unpaired) electrons. The molecule has 0 N–H and O–H groups in total. The Bertz CT molecular complexity index is 743. The summed E-state index contributed by atoms with van der Waals surface area (Å²) in [6.07, 6.45) is 6.45. The smallest absolute Gasteiger partial charge is 0.160 e. The van der Waals surface area contributed by atoms with E-state index in [4.69, 9.17) is 11.6 Å². The Morgan fingerprint density at radius 1 is 1.25 bits per heavy atom. The zero-order chi connectivity index (χ0) is 14.1. The van der Waals surface area contributed by atoms with Crippen LogP contribution in [0, 0.1) is 6.92 Å². The first-order valence-corrected chi connectivity index (χ1v) is 7.06. The average Bonchev–Trinajstić information content (AvgIpc) is 2.99. The molecule has 0 amide bonds. The molecule has 0 unspecified atom stereocenters. The Hall–Kier alpha value is -1.88. The predicted molar refractivity (Wildman–Crippen MR) is 78.7 cm³/mol. The molecule has 0 aromatic carbocycles. The fourth-order valence-electron chi connectivity index (χ4n) is 2.34. The zero-order valence-corrected chi connectivity index (χ0v) is 12.3. The molecule has 3 rings (SSSR count). The van der Waals surface area contributed by atoms with Gasteiger partial charge in [0.15, 0.2) is 5.65 Å². The maximum absolute atomic E-state index is 6.00. The molecule has 20 heavy (non-hydrogen) atoms. The minimum atomic E-state index is 0.385. The van der Waals surface area contributed by atoms with Crippen molar-refractivity contribution in [2.24, 2.45) is 7.05 Å². The van der Waals surface area contributed by atoms with E-state index in [0.29, 0.717) is 5.88 Å². The minimum Gasteiger partial charge on any atom is -0.338 e. The summed E-state index contributed by atoms with van der Waals surface area (Å²) < 4.78 is 4.10. The molecule has 0 saturated heterocycles. The maximum Gasteiger partial charge on any atom is 0.160 e. The molecular formula is C14H16ClN5. The van der Waals surface area contributed by atoms with E-state index in [1.165, 1.54) is 0 Å². The monoisotopic (exact) mass is 289 g/mol. The molecule has 0 atom stereocenters. The van der Waals surface area contributed by atoms with Crippen LogP contribution in [0.15, 0.2) is 24.7 Å². The van der Waals surface area contributed by atoms with Crippen molar-refractivity contribution in [1.29, 1.82) is 0 Å². The Morgan fingerprint density at radius 2 is 2.10 bits per heavy atom. The van der Waals surface area contributed by atoms with E-state index in [0.717, 1.165) is 41.3 Å². The van der Waals surface area contributed by atoms with Gasteiger partial charge >= 0.3 is 0 Å². The molecule has 6 heteroatoms. The fraction of sp³-hybridized carbons (Fsp3) is 0.357. The van der Waals surface area contributed by atoms with Crippen molar-refractivity contribution in [2.45, 2.75) is 25.8 Å². The van der Waals surface area contributed by atoms with Crippen molar-refractivity contribution in [3.63, 3.8) is 0 Å². The number of pyridine rings is 1. The van der Waals surface area contributed by atoms with E-state index in [-0.39, 0.29) is 0 Å². The summed E-state index contributed by atoms with van der Waals surface area (Å²) >= 11 is 6.00. The number of imidazole rings is 2. The molecule has 3 aromatic heterocycles. The van der Waals surface area contributed by atoms with Gasteiger partial charge in [0.1, 0.15) is 17.2 Å². The second kappa shape index (κ2) is 5.25. The van der Waals surface area contributed by atoms with E-state index in [1.807, 2.05) is 43.2 Å². The van der Waals surface area contributed by atoms with Gasteiger partial charge in [0.05, 0.1) is 5.88 Å². The first-order chi connectivity index (χ1) is 9.69. The van der Waals surface area contributed by atoms with Crippen molar-refractivity contribution < 1.29 is 0 Å². The van der Waals surface area contributed by atoms with E-state index in [2.05, 4.69) is 19.5 Å². The van der Waals surface area contributed by atoms with Gasteiger partial charge in [0.25, 0.3) is 0 Å². The number of halogens is 1. The standard InChI is InChI=1S/C14H16ClN5/c1-10-7-11-14(17-9-10)20(13(8-15)18-11)5-3-12-16-4-6-19(12)2/h4,6-7,9H,3,5,8H2,1-2H3. The molecule has 3 aromatic rings. The van der Waals surface area contributed by atoms with Crippen LogP contribution >= 0.6 is 11.6 Å². The third-order valence-corrected chi connectivity index (χ3v) is 3.64. The second-order valence-electron chi connectivity index (χ2n) is 4.87. The Balaban J connectivity index is 1.95. The molecular weight excluding hydrogens is 274 g/mol. The molecule has 0 fully saturated rings. The van der Waals surface area contributed by atoms with Crippen LogP contribution in [-0.2, 0) is 25.9 Å². The first-order valence-electron chi connectivity index (χ1n) is 6.53. The van der Waals surface area contributed by atoms with Crippen LogP contribution < -0.4 is 0 Å². The highest BCUT2D eigenvalue weighted by Crippen LogP contribution is 2.17. The number of aryl methyl sites for hydroxylation is 4. The SMILES string of the molecule is Cc1cnc2c(c1)nc(CCl)n2CCc1nccn1C. The molecule has 0 aliphatic heterocycles. The normalized spacial score (nSPS) is 11.3. The summed E-state index contributed by atoms with van der Waals surface area (Å²) in [6.45, 7) is 2.79. The first kappa shape index (κ1) is 13.1. The lowest BCUT2D eigenvalue weighted by Crippen LogP contribution is -2.08. The zero-order valence-electron chi connectivity index (χ0n) is 11.5. The number of hydrogen-bond acceptors (Lipinski definition) is 3. The Morgan fingerprint density at radius 3 is 2.80 bits per heavy atom. The van der Waals surface area contributed by atoms with Crippen molar-refractivity contribution in [1.82, 2.24) is 24.1 Å². The number of hydrogen-bond donors (Lipinski definition) is 0. The van der Waals surface area contributed by atoms with E-state index in [1.54, 1.807) is 0 Å². The van der Waals surface area contributed by atoms with Crippen LogP contribution in [-0.4, -0.2) is 24.1 Å².